The Hall–Kier alpha value is -4.75. The molecule has 1 nitrogen and oxygen atoms in total. The van der Waals surface area contributed by atoms with Crippen LogP contribution in [0.5, 0.6) is 0 Å². The van der Waals surface area contributed by atoms with Gasteiger partial charge in [-0.2, -0.15) is 0 Å². The van der Waals surface area contributed by atoms with Crippen LogP contribution in [-0.4, -0.2) is 4.98 Å². The Labute approximate surface area is 292 Å². The molecule has 9 rings (SSSR count). The molecule has 0 bridgehead atoms. The maximum absolute atomic E-state index is 5.25. The second kappa shape index (κ2) is 10.6. The summed E-state index contributed by atoms with van der Waals surface area (Å²) in [7, 11) is 0. The first-order valence-electron chi connectivity index (χ1n) is 18.5. The highest BCUT2D eigenvalue weighted by atomic mass is 14.7. The van der Waals surface area contributed by atoms with Gasteiger partial charge in [-0.3, -0.25) is 4.98 Å². The molecule has 6 aromatic rings. The van der Waals surface area contributed by atoms with E-state index in [1.54, 1.807) is 0 Å². The van der Waals surface area contributed by atoms with E-state index in [-0.39, 0.29) is 16.2 Å². The highest BCUT2D eigenvalue weighted by Crippen LogP contribution is 2.56. The van der Waals surface area contributed by atoms with Crippen molar-refractivity contribution in [3.8, 4) is 55.8 Å². The second-order valence-electron chi connectivity index (χ2n) is 15.2. The highest BCUT2D eigenvalue weighted by Gasteiger charge is 2.42. The van der Waals surface area contributed by atoms with Crippen LogP contribution in [0.1, 0.15) is 101 Å². The summed E-state index contributed by atoms with van der Waals surface area (Å²) in [4.78, 5) is 5.25. The van der Waals surface area contributed by atoms with E-state index in [0.717, 1.165) is 31.4 Å². The number of rotatable bonds is 6. The van der Waals surface area contributed by atoms with Gasteiger partial charge in [0.2, 0.25) is 0 Å². The van der Waals surface area contributed by atoms with Gasteiger partial charge < -0.3 is 0 Å². The average molecular weight is 636 g/mol. The molecule has 0 aliphatic heterocycles. The first-order valence-corrected chi connectivity index (χ1v) is 18.5. The Morgan fingerprint density at radius 3 is 1.41 bits per heavy atom. The van der Waals surface area contributed by atoms with Crippen LogP contribution >= 0.6 is 0 Å². The minimum atomic E-state index is -0.130. The lowest BCUT2D eigenvalue weighted by molar-refractivity contribution is 0.490. The van der Waals surface area contributed by atoms with Gasteiger partial charge in [0.1, 0.15) is 0 Å². The first kappa shape index (κ1) is 30.3. The fourth-order valence-corrected chi connectivity index (χ4v) is 10.2. The maximum Gasteiger partial charge on any atom is 0.0746 e. The van der Waals surface area contributed by atoms with Gasteiger partial charge >= 0.3 is 0 Å². The van der Waals surface area contributed by atoms with E-state index in [1.807, 2.05) is 0 Å². The molecule has 0 saturated heterocycles. The van der Waals surface area contributed by atoms with E-state index < -0.39 is 0 Å². The highest BCUT2D eigenvalue weighted by molar-refractivity contribution is 5.88. The van der Waals surface area contributed by atoms with Crippen molar-refractivity contribution < 1.29 is 0 Å². The Balaban J connectivity index is 1.12. The van der Waals surface area contributed by atoms with E-state index in [0.29, 0.717) is 0 Å². The molecule has 3 aliphatic rings. The molecular formula is C48H45N. The molecule has 0 radical (unpaired) electrons. The summed E-state index contributed by atoms with van der Waals surface area (Å²) in [6.07, 6.45) is 6.51. The van der Waals surface area contributed by atoms with Crippen LogP contribution < -0.4 is 0 Å². The quantitative estimate of drug-likeness (QED) is 0.177. The zero-order valence-electron chi connectivity index (χ0n) is 29.7. The Bertz CT molecular complexity index is 2310. The molecule has 1 heteroatoms. The second-order valence-corrected chi connectivity index (χ2v) is 15.2. The predicted molar refractivity (Wildman–Crippen MR) is 206 cm³/mol. The van der Waals surface area contributed by atoms with Crippen molar-refractivity contribution in [1.29, 1.82) is 0 Å². The number of benzene rings is 5. The minimum absolute atomic E-state index is 0.0618. The van der Waals surface area contributed by atoms with Gasteiger partial charge in [-0.05, 0) is 122 Å². The maximum atomic E-state index is 5.25. The van der Waals surface area contributed by atoms with Crippen LogP contribution in [0.4, 0.5) is 0 Å². The standard InChI is InChI=1S/C48H45N/c1-7-47(8-2)40-17-13-11-15-34(40)36-22-19-31(26-42(36)47)30-21-24-39-38(25-30)45-44(46(39,5)6)28-33(29-49-45)32-20-23-37-35-16-12-14-18-41(35)48(9-3,10-4)43(37)27-32/h11-29H,7-10H2,1-6H3. The molecule has 0 saturated carbocycles. The average Bonchev–Trinajstić information content (AvgIpc) is 3.69. The summed E-state index contributed by atoms with van der Waals surface area (Å²) in [5.74, 6) is 0. The minimum Gasteiger partial charge on any atom is -0.255 e. The molecule has 0 fully saturated rings. The molecule has 0 atom stereocenters. The zero-order valence-corrected chi connectivity index (χ0v) is 29.7. The monoisotopic (exact) mass is 635 g/mol. The van der Waals surface area contributed by atoms with Crippen LogP contribution in [0.25, 0.3) is 55.8 Å². The molecule has 49 heavy (non-hydrogen) atoms. The molecule has 5 aromatic carbocycles. The van der Waals surface area contributed by atoms with Gasteiger partial charge in [0.15, 0.2) is 0 Å². The van der Waals surface area contributed by atoms with Crippen LogP contribution in [0, 0.1) is 0 Å². The summed E-state index contributed by atoms with van der Waals surface area (Å²) >= 11 is 0. The normalized spacial score (nSPS) is 16.4. The van der Waals surface area contributed by atoms with Crippen LogP contribution in [-0.2, 0) is 16.2 Å². The van der Waals surface area contributed by atoms with Crippen molar-refractivity contribution >= 4 is 0 Å². The fourth-order valence-electron chi connectivity index (χ4n) is 10.2. The number of nitrogens with zero attached hydrogens (tertiary/aromatic N) is 1. The summed E-state index contributed by atoms with van der Waals surface area (Å²) in [5.41, 5.74) is 21.6. The Morgan fingerprint density at radius 1 is 0.408 bits per heavy atom. The molecule has 0 spiro atoms. The molecule has 0 N–H and O–H groups in total. The third-order valence-electron chi connectivity index (χ3n) is 13.1. The third kappa shape index (κ3) is 3.91. The van der Waals surface area contributed by atoms with Gasteiger partial charge in [0.05, 0.1) is 5.69 Å². The zero-order chi connectivity index (χ0) is 33.7. The van der Waals surface area contributed by atoms with Gasteiger partial charge in [-0.25, -0.2) is 0 Å². The van der Waals surface area contributed by atoms with Crippen molar-refractivity contribution in [1.82, 2.24) is 4.98 Å². The molecule has 1 heterocycles. The van der Waals surface area contributed by atoms with Gasteiger partial charge in [-0.15, -0.1) is 0 Å². The fraction of sp³-hybridized carbons (Fsp3) is 0.271. The predicted octanol–water partition coefficient (Wildman–Crippen LogP) is 12.9. The largest absolute Gasteiger partial charge is 0.255 e. The molecular weight excluding hydrogens is 591 g/mol. The lowest BCUT2D eigenvalue weighted by Crippen LogP contribution is -2.23. The lowest BCUT2D eigenvalue weighted by Gasteiger charge is -2.30. The smallest absolute Gasteiger partial charge is 0.0746 e. The summed E-state index contributed by atoms with van der Waals surface area (Å²) < 4.78 is 0. The van der Waals surface area contributed by atoms with Gasteiger partial charge in [0, 0.05) is 33.6 Å². The summed E-state index contributed by atoms with van der Waals surface area (Å²) in [6.45, 7) is 14.1. The molecule has 1 aromatic heterocycles. The van der Waals surface area contributed by atoms with Crippen LogP contribution in [0.2, 0.25) is 0 Å². The summed E-state index contributed by atoms with van der Waals surface area (Å²) in [5, 5.41) is 0. The van der Waals surface area contributed by atoms with Gasteiger partial charge in [0.25, 0.3) is 0 Å². The SMILES string of the molecule is CCC1(CC)c2ccccc2-c2ccc(-c3ccc4c(c3)-c3ncc(-c5ccc6c(c5)C(CC)(CC)c5ccccc5-6)cc3C4(C)C)cc21. The summed E-state index contributed by atoms with van der Waals surface area (Å²) in [6, 6.07) is 41.9. The van der Waals surface area contributed by atoms with E-state index in [4.69, 9.17) is 4.98 Å². The first-order chi connectivity index (χ1) is 23.8. The van der Waals surface area contributed by atoms with Crippen molar-refractivity contribution in [2.45, 2.75) is 83.5 Å². The topological polar surface area (TPSA) is 12.9 Å². The Morgan fingerprint density at radius 2 is 0.857 bits per heavy atom. The van der Waals surface area contributed by atoms with E-state index in [2.05, 4.69) is 157 Å². The van der Waals surface area contributed by atoms with E-state index in [1.165, 1.54) is 83.5 Å². The van der Waals surface area contributed by atoms with Crippen molar-refractivity contribution in [2.24, 2.45) is 0 Å². The van der Waals surface area contributed by atoms with E-state index in [9.17, 15) is 0 Å². The molecule has 3 aliphatic carbocycles. The van der Waals surface area contributed by atoms with Crippen molar-refractivity contribution in [3.05, 3.63) is 149 Å². The number of fused-ring (bicyclic) bond motifs is 9. The number of hydrogen-bond acceptors (Lipinski definition) is 1. The van der Waals surface area contributed by atoms with Gasteiger partial charge in [-0.1, -0.05) is 126 Å². The number of aromatic nitrogens is 1. The Kier molecular flexibility index (Phi) is 6.57. The lowest BCUT2D eigenvalue weighted by atomic mass is 9.73. The molecule has 0 amide bonds. The third-order valence-corrected chi connectivity index (χ3v) is 13.1. The van der Waals surface area contributed by atoms with Crippen molar-refractivity contribution in [3.63, 3.8) is 0 Å². The van der Waals surface area contributed by atoms with Crippen LogP contribution in [0.3, 0.4) is 0 Å². The van der Waals surface area contributed by atoms with Crippen LogP contribution in [0.15, 0.2) is 115 Å². The van der Waals surface area contributed by atoms with Crippen molar-refractivity contribution in [2.75, 3.05) is 0 Å². The molecule has 0 unspecified atom stereocenters. The molecule has 242 valence electrons. The number of pyridine rings is 1. The van der Waals surface area contributed by atoms with E-state index >= 15 is 0 Å². The number of hydrogen-bond donors (Lipinski definition) is 0.